The lowest BCUT2D eigenvalue weighted by atomic mass is 10.1. The fourth-order valence-electron chi connectivity index (χ4n) is 2.55. The van der Waals surface area contributed by atoms with E-state index in [1.165, 1.54) is 51.7 Å². The van der Waals surface area contributed by atoms with Gasteiger partial charge in [-0.05, 0) is 36.4 Å². The molecule has 0 aliphatic heterocycles. The molecule has 0 fully saturated rings. The minimum atomic E-state index is -0.671. The molecule has 0 spiro atoms. The number of carbonyl (C=O) groups excluding carboxylic acids is 1. The number of esters is 1. The van der Waals surface area contributed by atoms with Crippen molar-refractivity contribution in [3.63, 3.8) is 0 Å². The Morgan fingerprint density at radius 2 is 1.70 bits per heavy atom. The fraction of sp³-hybridized carbons (Fsp3) is 0.250. The summed E-state index contributed by atoms with van der Waals surface area (Å²) in [7, 11) is 4.31. The zero-order chi connectivity index (χ0) is 21.5. The molecule has 0 amide bonds. The van der Waals surface area contributed by atoms with Gasteiger partial charge in [-0.3, -0.25) is 0 Å². The number of nitrogens with zero attached hydrogens (tertiary/aromatic N) is 2. The van der Waals surface area contributed by atoms with Crippen LogP contribution < -0.4 is 18.9 Å². The molecule has 1 aromatic heterocycles. The molecular weight excluding hydrogens is 399 g/mol. The number of ether oxygens (including phenoxy) is 5. The van der Waals surface area contributed by atoms with E-state index in [0.717, 1.165) is 0 Å². The van der Waals surface area contributed by atoms with E-state index < -0.39 is 5.97 Å². The highest BCUT2D eigenvalue weighted by molar-refractivity contribution is 5.94. The number of hydrogen-bond donors (Lipinski definition) is 0. The van der Waals surface area contributed by atoms with Gasteiger partial charge < -0.3 is 28.2 Å². The predicted molar refractivity (Wildman–Crippen MR) is 100 cm³/mol. The van der Waals surface area contributed by atoms with Crippen LogP contribution in [0.25, 0.3) is 0 Å². The molecule has 3 rings (SSSR count). The van der Waals surface area contributed by atoms with Crippen LogP contribution in [0.1, 0.15) is 22.1 Å². The molecule has 158 valence electrons. The maximum atomic E-state index is 12.9. The van der Waals surface area contributed by atoms with E-state index in [2.05, 4.69) is 10.1 Å². The van der Waals surface area contributed by atoms with Crippen LogP contribution in [0.3, 0.4) is 0 Å². The van der Waals surface area contributed by atoms with E-state index in [4.69, 9.17) is 28.2 Å². The van der Waals surface area contributed by atoms with Crippen molar-refractivity contribution in [1.82, 2.24) is 10.1 Å². The van der Waals surface area contributed by atoms with Crippen LogP contribution in [0.15, 0.2) is 40.9 Å². The van der Waals surface area contributed by atoms with Crippen LogP contribution in [-0.4, -0.2) is 37.4 Å². The average molecular weight is 418 g/mol. The Morgan fingerprint density at radius 3 is 2.37 bits per heavy atom. The number of methoxy groups -OCH3 is 3. The van der Waals surface area contributed by atoms with Crippen LogP contribution >= 0.6 is 0 Å². The molecule has 0 saturated carbocycles. The summed E-state index contributed by atoms with van der Waals surface area (Å²) in [5, 5.41) is 3.75. The highest BCUT2D eigenvalue weighted by Gasteiger charge is 2.22. The molecule has 2 aromatic carbocycles. The Balaban J connectivity index is 1.61. The second kappa shape index (κ2) is 9.59. The van der Waals surface area contributed by atoms with Crippen LogP contribution in [0.2, 0.25) is 0 Å². The highest BCUT2D eigenvalue weighted by Crippen LogP contribution is 2.40. The Hall–Kier alpha value is -3.82. The summed E-state index contributed by atoms with van der Waals surface area (Å²) in [6.07, 6.45) is 0. The summed E-state index contributed by atoms with van der Waals surface area (Å²) in [6.45, 7) is -0.244. The first-order valence-corrected chi connectivity index (χ1v) is 8.71. The first-order chi connectivity index (χ1) is 14.5. The van der Waals surface area contributed by atoms with E-state index >= 15 is 0 Å². The monoisotopic (exact) mass is 418 g/mol. The molecule has 0 atom stereocenters. The first-order valence-electron chi connectivity index (χ1n) is 8.71. The van der Waals surface area contributed by atoms with Gasteiger partial charge in [0.25, 0.3) is 5.89 Å². The van der Waals surface area contributed by atoms with Crippen molar-refractivity contribution in [2.75, 3.05) is 21.3 Å². The average Bonchev–Trinajstić information content (AvgIpc) is 3.23. The minimum Gasteiger partial charge on any atom is -0.493 e. The molecule has 9 nitrogen and oxygen atoms in total. The molecule has 0 aliphatic rings. The van der Waals surface area contributed by atoms with Gasteiger partial charge in [-0.15, -0.1) is 0 Å². The van der Waals surface area contributed by atoms with Crippen LogP contribution in [-0.2, 0) is 18.0 Å². The molecule has 1 heterocycles. The predicted octanol–water partition coefficient (Wildman–Crippen LogP) is 3.17. The van der Waals surface area contributed by atoms with Gasteiger partial charge in [0.05, 0.1) is 21.3 Å². The van der Waals surface area contributed by atoms with E-state index in [1.54, 1.807) is 6.07 Å². The second-order valence-electron chi connectivity index (χ2n) is 5.80. The summed E-state index contributed by atoms with van der Waals surface area (Å²) >= 11 is 0. The van der Waals surface area contributed by atoms with Crippen LogP contribution in [0.5, 0.6) is 23.0 Å². The largest absolute Gasteiger partial charge is 0.493 e. The maximum absolute atomic E-state index is 12.9. The second-order valence-corrected chi connectivity index (χ2v) is 5.80. The van der Waals surface area contributed by atoms with E-state index in [1.807, 2.05) is 0 Å². The van der Waals surface area contributed by atoms with Crippen LogP contribution in [0, 0.1) is 5.82 Å². The molecule has 0 aliphatic carbocycles. The van der Waals surface area contributed by atoms with Crippen molar-refractivity contribution in [1.29, 1.82) is 0 Å². The number of hydrogen-bond acceptors (Lipinski definition) is 9. The number of benzene rings is 2. The van der Waals surface area contributed by atoms with Gasteiger partial charge in [-0.2, -0.15) is 4.98 Å². The van der Waals surface area contributed by atoms with E-state index in [0.29, 0.717) is 11.5 Å². The van der Waals surface area contributed by atoms with Crippen molar-refractivity contribution in [3.05, 3.63) is 59.5 Å². The third-order valence-corrected chi connectivity index (χ3v) is 3.94. The Kier molecular flexibility index (Phi) is 6.68. The number of aromatic nitrogens is 2. The fourth-order valence-corrected chi connectivity index (χ4v) is 2.55. The van der Waals surface area contributed by atoms with Crippen LogP contribution in [0.4, 0.5) is 4.39 Å². The summed E-state index contributed by atoms with van der Waals surface area (Å²) in [4.78, 5) is 16.5. The lowest BCUT2D eigenvalue weighted by molar-refractivity contribution is 0.0425. The molecule has 30 heavy (non-hydrogen) atoms. The van der Waals surface area contributed by atoms with Gasteiger partial charge in [0.15, 0.2) is 24.7 Å². The summed E-state index contributed by atoms with van der Waals surface area (Å²) in [5.41, 5.74) is 0.148. The molecule has 10 heteroatoms. The summed E-state index contributed by atoms with van der Waals surface area (Å²) in [5.74, 6) is 0.610. The van der Waals surface area contributed by atoms with Crippen molar-refractivity contribution < 1.29 is 37.4 Å². The SMILES string of the molecule is COc1ccc(C(=O)OCc2nc(COc3ccc(F)cc3)no2)c(OC)c1OC. The minimum absolute atomic E-state index is 0.00653. The molecular formula is C20H19FN2O7. The molecule has 0 saturated heterocycles. The zero-order valence-electron chi connectivity index (χ0n) is 16.5. The van der Waals surface area contributed by atoms with Gasteiger partial charge in [-0.1, -0.05) is 5.16 Å². The van der Waals surface area contributed by atoms with Gasteiger partial charge >= 0.3 is 5.97 Å². The number of halogens is 1. The summed E-state index contributed by atoms with van der Waals surface area (Å²) in [6, 6.07) is 8.58. The zero-order valence-corrected chi connectivity index (χ0v) is 16.5. The third-order valence-electron chi connectivity index (χ3n) is 3.94. The topological polar surface area (TPSA) is 102 Å². The molecule has 0 radical (unpaired) electrons. The number of rotatable bonds is 9. The van der Waals surface area contributed by atoms with Crippen molar-refractivity contribution >= 4 is 5.97 Å². The Bertz CT molecular complexity index is 1000. The Labute approximate surface area is 171 Å². The highest BCUT2D eigenvalue weighted by atomic mass is 19.1. The molecule has 0 bridgehead atoms. The van der Waals surface area contributed by atoms with Gasteiger partial charge in [-0.25, -0.2) is 9.18 Å². The molecule has 3 aromatic rings. The standard InChI is InChI=1S/C20H19FN2O7/c1-25-15-9-8-14(18(26-2)19(15)27-3)20(24)29-11-17-22-16(23-30-17)10-28-13-6-4-12(21)5-7-13/h4-9H,10-11H2,1-3H3. The smallest absolute Gasteiger partial charge is 0.342 e. The van der Waals surface area contributed by atoms with Crippen molar-refractivity contribution in [2.45, 2.75) is 13.2 Å². The lowest BCUT2D eigenvalue weighted by Crippen LogP contribution is -2.09. The third kappa shape index (κ3) is 4.77. The quantitative estimate of drug-likeness (QED) is 0.485. The maximum Gasteiger partial charge on any atom is 0.342 e. The van der Waals surface area contributed by atoms with Gasteiger partial charge in [0, 0.05) is 0 Å². The van der Waals surface area contributed by atoms with Gasteiger partial charge in [0.1, 0.15) is 17.1 Å². The first kappa shape index (κ1) is 20.9. The molecule has 0 unspecified atom stereocenters. The van der Waals surface area contributed by atoms with E-state index in [-0.39, 0.29) is 47.8 Å². The van der Waals surface area contributed by atoms with Crippen molar-refractivity contribution in [3.8, 4) is 23.0 Å². The van der Waals surface area contributed by atoms with Crippen molar-refractivity contribution in [2.24, 2.45) is 0 Å². The number of carbonyl (C=O) groups is 1. The normalized spacial score (nSPS) is 10.4. The Morgan fingerprint density at radius 1 is 0.967 bits per heavy atom. The lowest BCUT2D eigenvalue weighted by Gasteiger charge is -2.14. The van der Waals surface area contributed by atoms with Gasteiger partial charge in [0.2, 0.25) is 11.6 Å². The van der Waals surface area contributed by atoms with E-state index in [9.17, 15) is 9.18 Å². The molecule has 0 N–H and O–H groups in total. The summed E-state index contributed by atoms with van der Waals surface area (Å²) < 4.78 is 44.3.